The summed E-state index contributed by atoms with van der Waals surface area (Å²) in [6.45, 7) is 0. The van der Waals surface area contributed by atoms with E-state index in [1.165, 1.54) is 6.19 Å². The second-order valence-corrected chi connectivity index (χ2v) is 1.26. The zero-order valence-electron chi connectivity index (χ0n) is 5.00. The third-order valence-corrected chi connectivity index (χ3v) is 0.637. The van der Waals surface area contributed by atoms with Crippen LogP contribution in [0.25, 0.3) is 4.85 Å². The van der Waals surface area contributed by atoms with Crippen LogP contribution < -0.4 is 11.5 Å². The van der Waals surface area contributed by atoms with Crippen molar-refractivity contribution >= 4 is 0 Å². The van der Waals surface area contributed by atoms with Crippen molar-refractivity contribution in [3.05, 3.63) is 16.2 Å². The Morgan fingerprint density at radius 1 is 1.20 bits per heavy atom. The van der Waals surface area contributed by atoms with Gasteiger partial charge in [-0.15, -0.1) is 0 Å². The smallest absolute Gasteiger partial charge is 0.388 e. The highest BCUT2D eigenvalue weighted by molar-refractivity contribution is 5.34. The molecule has 5 nitrogen and oxygen atoms in total. The molecule has 0 fully saturated rings. The monoisotopic (exact) mass is 134 g/mol. The maximum atomic E-state index is 8.13. The Balaban J connectivity index is 4.57. The van der Waals surface area contributed by atoms with Gasteiger partial charge >= 0.3 is 6.19 Å². The minimum Gasteiger partial charge on any atom is -0.388 e. The average molecular weight is 134 g/mol. The quantitative estimate of drug-likeness (QED) is 0.342. The second kappa shape index (κ2) is 3.77. The van der Waals surface area contributed by atoms with Gasteiger partial charge in [-0.1, -0.05) is 4.85 Å². The number of nitrogens with two attached hydrogens (primary N) is 2. The molecule has 0 saturated carbocycles. The molecule has 0 aliphatic carbocycles. The van der Waals surface area contributed by atoms with Gasteiger partial charge in [-0.25, -0.2) is 0 Å². The molecular weight excluding hydrogens is 130 g/mol. The highest BCUT2D eigenvalue weighted by atomic mass is 14.7. The van der Waals surface area contributed by atoms with Crippen LogP contribution in [0.15, 0.2) is 11.4 Å². The molecule has 0 amide bonds. The van der Waals surface area contributed by atoms with E-state index in [4.69, 9.17) is 22.0 Å². The van der Waals surface area contributed by atoms with E-state index < -0.39 is 0 Å². The lowest BCUT2D eigenvalue weighted by atomic mass is 10.4. The van der Waals surface area contributed by atoms with Crippen LogP contribution in [0.5, 0.6) is 0 Å². The van der Waals surface area contributed by atoms with Crippen molar-refractivity contribution in [3.63, 3.8) is 0 Å². The third-order valence-electron chi connectivity index (χ3n) is 0.637. The van der Waals surface area contributed by atoms with E-state index in [-0.39, 0.29) is 11.4 Å². The lowest BCUT2D eigenvalue weighted by molar-refractivity contribution is 1.29. The van der Waals surface area contributed by atoms with Gasteiger partial charge in [-0.3, -0.25) is 0 Å². The summed E-state index contributed by atoms with van der Waals surface area (Å²) < 4.78 is 0. The van der Waals surface area contributed by atoms with Crippen LogP contribution in [0.1, 0.15) is 0 Å². The van der Waals surface area contributed by atoms with Crippen LogP contribution in [-0.4, -0.2) is 0 Å². The molecule has 0 saturated heterocycles. The Bertz CT molecular complexity index is 289. The maximum Gasteiger partial charge on any atom is 0.578 e. The van der Waals surface area contributed by atoms with Crippen LogP contribution >= 0.6 is 0 Å². The molecule has 0 aromatic heterocycles. The van der Waals surface area contributed by atoms with Crippen molar-refractivity contribution in [1.29, 1.82) is 10.5 Å². The predicted octanol–water partition coefficient (Wildman–Crippen LogP) is -0.547. The highest BCUT2D eigenvalue weighted by Crippen LogP contribution is 1.85. The van der Waals surface area contributed by atoms with E-state index in [1.807, 2.05) is 0 Å². The predicted molar refractivity (Wildman–Crippen MR) is 33.9 cm³/mol. The summed E-state index contributed by atoms with van der Waals surface area (Å²) in [7, 11) is 0. The Kier molecular flexibility index (Phi) is 2.94. The van der Waals surface area contributed by atoms with Crippen molar-refractivity contribution in [1.82, 2.24) is 0 Å². The van der Waals surface area contributed by atoms with Gasteiger partial charge < -0.3 is 11.5 Å². The molecule has 0 radical (unpaired) electrons. The molecule has 0 aromatic carbocycles. The number of allylic oxidation sites excluding steroid dienone is 2. The Labute approximate surface area is 57.6 Å². The standard InChI is InChI=1S/C5H3N5/c6-1-4(8)5(9)2-10-3-7/h8H,9H2/p+1. The van der Waals surface area contributed by atoms with Gasteiger partial charge in [0, 0.05) is 0 Å². The van der Waals surface area contributed by atoms with Gasteiger partial charge in [0.05, 0.1) is 0 Å². The minimum absolute atomic E-state index is 0.121. The lowest BCUT2D eigenvalue weighted by Crippen LogP contribution is -2.05. The first-order chi connectivity index (χ1) is 4.72. The van der Waals surface area contributed by atoms with Gasteiger partial charge in [-0.2, -0.15) is 5.26 Å². The molecule has 0 rings (SSSR count). The number of hydrogen-bond donors (Lipinski definition) is 2. The van der Waals surface area contributed by atoms with Crippen molar-refractivity contribution in [2.24, 2.45) is 11.5 Å². The number of nitrogens with zero attached hydrogens (tertiary/aromatic N) is 3. The first kappa shape index (κ1) is 7.81. The first-order valence-electron chi connectivity index (χ1n) is 2.22. The molecule has 0 atom stereocenters. The van der Waals surface area contributed by atoms with Gasteiger partial charge in [0.2, 0.25) is 6.07 Å². The van der Waals surface area contributed by atoms with Crippen LogP contribution in [0, 0.1) is 28.9 Å². The molecule has 0 unspecified atom stereocenters. The topological polar surface area (TPSA) is 104 Å². The fourth-order valence-corrected chi connectivity index (χ4v) is 0.206. The van der Waals surface area contributed by atoms with Crippen molar-refractivity contribution in [3.8, 4) is 18.3 Å². The zero-order chi connectivity index (χ0) is 7.98. The summed E-state index contributed by atoms with van der Waals surface area (Å²) in [4.78, 5) is 2.98. The summed E-state index contributed by atoms with van der Waals surface area (Å²) in [5, 5.41) is 16.0. The van der Waals surface area contributed by atoms with Crippen LogP contribution in [-0.2, 0) is 0 Å². The maximum absolute atomic E-state index is 8.13. The number of hydrogen-bond acceptors (Lipinski definition) is 4. The van der Waals surface area contributed by atoms with Crippen LogP contribution in [0.2, 0.25) is 0 Å². The summed E-state index contributed by atoms with van der Waals surface area (Å²) >= 11 is 0. The minimum atomic E-state index is -0.195. The van der Waals surface area contributed by atoms with Crippen LogP contribution in [0.4, 0.5) is 0 Å². The molecule has 10 heavy (non-hydrogen) atoms. The van der Waals surface area contributed by atoms with E-state index in [0.29, 0.717) is 0 Å². The van der Waals surface area contributed by atoms with E-state index in [2.05, 4.69) is 10.9 Å². The van der Waals surface area contributed by atoms with Crippen molar-refractivity contribution in [2.45, 2.75) is 0 Å². The summed E-state index contributed by atoms with van der Waals surface area (Å²) in [6, 6.07) is 3.63. The fraction of sp³-hybridized carbons (Fsp3) is 0. The molecule has 4 N–H and O–H groups in total. The number of nitriles is 2. The van der Waals surface area contributed by atoms with Gasteiger partial charge in [-0.05, 0) is 0 Å². The normalized spacial score (nSPS) is 9.40. The summed E-state index contributed by atoms with van der Waals surface area (Å²) in [6.07, 6.45) is 1.41. The van der Waals surface area contributed by atoms with Crippen molar-refractivity contribution in [2.75, 3.05) is 0 Å². The molecule has 5 heteroatoms. The molecule has 0 bridgehead atoms. The highest BCUT2D eigenvalue weighted by Gasteiger charge is 1.95. The van der Waals surface area contributed by atoms with Gasteiger partial charge in [0.15, 0.2) is 11.0 Å². The Morgan fingerprint density at radius 2 is 1.80 bits per heavy atom. The number of rotatable bonds is 0. The van der Waals surface area contributed by atoms with E-state index in [0.717, 1.165) is 0 Å². The molecule has 0 aliphatic rings. The molecule has 0 aromatic rings. The van der Waals surface area contributed by atoms with Gasteiger partial charge in [0.25, 0.3) is 0 Å². The largest absolute Gasteiger partial charge is 0.578 e. The van der Waals surface area contributed by atoms with E-state index in [1.54, 1.807) is 6.07 Å². The lowest BCUT2D eigenvalue weighted by Gasteiger charge is -1.82. The molecule has 0 spiro atoms. The molecular formula is C5H4N5+. The fourth-order valence-electron chi connectivity index (χ4n) is 0.206. The van der Waals surface area contributed by atoms with Crippen molar-refractivity contribution < 1.29 is 0 Å². The third kappa shape index (κ3) is 2.20. The molecule has 48 valence electrons. The van der Waals surface area contributed by atoms with Crippen LogP contribution in [0.3, 0.4) is 0 Å². The SMILES string of the molecule is N#C[N+]#C/C(N)=C(\N)C#N. The zero-order valence-corrected chi connectivity index (χ0v) is 5.00. The first-order valence-corrected chi connectivity index (χ1v) is 2.22. The Morgan fingerprint density at radius 3 is 2.20 bits per heavy atom. The second-order valence-electron chi connectivity index (χ2n) is 1.26. The summed E-state index contributed by atoms with van der Waals surface area (Å²) in [5.74, 6) is 0. The van der Waals surface area contributed by atoms with E-state index in [9.17, 15) is 0 Å². The van der Waals surface area contributed by atoms with Gasteiger partial charge in [0.1, 0.15) is 11.8 Å². The summed E-state index contributed by atoms with van der Waals surface area (Å²) in [5.41, 5.74) is 9.79. The average Bonchev–Trinajstić information content (AvgIpc) is 1.98. The molecule has 0 heterocycles. The van der Waals surface area contributed by atoms with E-state index >= 15 is 0 Å². The molecule has 0 aliphatic heterocycles. The Hall–Kier alpha value is -2.19.